The van der Waals surface area contributed by atoms with E-state index in [2.05, 4.69) is 20.9 Å². The van der Waals surface area contributed by atoms with Gasteiger partial charge in [0, 0.05) is 31.9 Å². The van der Waals surface area contributed by atoms with Crippen LogP contribution >= 0.6 is 0 Å². The Kier molecular flexibility index (Phi) is 5.94. The quantitative estimate of drug-likeness (QED) is 0.787. The third-order valence-electron chi connectivity index (χ3n) is 3.98. The minimum absolute atomic E-state index is 0.178. The number of hydrogen-bond donors (Lipinski definition) is 0. The summed E-state index contributed by atoms with van der Waals surface area (Å²) in [6.45, 7) is 9.65. The van der Waals surface area contributed by atoms with Crippen molar-refractivity contribution in [3.05, 3.63) is 22.9 Å². The molecular formula is C17H24N4O2. The molecule has 0 saturated carbocycles. The smallest absolute Gasteiger partial charge is 0.320 e. The minimum Gasteiger partial charge on any atom is -0.465 e. The zero-order valence-electron chi connectivity index (χ0n) is 14.1. The van der Waals surface area contributed by atoms with E-state index in [1.165, 1.54) is 0 Å². The molecule has 1 aliphatic heterocycles. The highest BCUT2D eigenvalue weighted by Gasteiger charge is 2.21. The van der Waals surface area contributed by atoms with Gasteiger partial charge in [-0.05, 0) is 38.8 Å². The van der Waals surface area contributed by atoms with E-state index < -0.39 is 0 Å². The normalized spacial score (nSPS) is 15.8. The Morgan fingerprint density at radius 3 is 2.83 bits per heavy atom. The summed E-state index contributed by atoms with van der Waals surface area (Å²) in [6.07, 6.45) is 0.930. The number of rotatable bonds is 4. The van der Waals surface area contributed by atoms with Crippen molar-refractivity contribution < 1.29 is 9.53 Å². The lowest BCUT2D eigenvalue weighted by atomic mass is 10.1. The Bertz CT molecular complexity index is 609. The molecule has 2 heterocycles. The number of carbonyl (C=O) groups excluding carboxylic acids is 1. The van der Waals surface area contributed by atoms with Gasteiger partial charge in [-0.1, -0.05) is 0 Å². The molecule has 0 atom stereocenters. The van der Waals surface area contributed by atoms with Crippen LogP contribution in [0.25, 0.3) is 0 Å². The number of aromatic nitrogens is 1. The monoisotopic (exact) mass is 316 g/mol. The van der Waals surface area contributed by atoms with Crippen LogP contribution in [-0.2, 0) is 9.53 Å². The second-order valence-corrected chi connectivity index (χ2v) is 5.81. The molecule has 0 unspecified atom stereocenters. The number of pyridine rings is 1. The summed E-state index contributed by atoms with van der Waals surface area (Å²) < 4.78 is 5.02. The van der Waals surface area contributed by atoms with E-state index in [1.54, 1.807) is 0 Å². The van der Waals surface area contributed by atoms with Crippen molar-refractivity contribution in [3.63, 3.8) is 0 Å². The number of hydrogen-bond acceptors (Lipinski definition) is 6. The van der Waals surface area contributed by atoms with Crippen LogP contribution in [0.15, 0.2) is 6.07 Å². The molecule has 0 amide bonds. The Morgan fingerprint density at radius 1 is 1.35 bits per heavy atom. The average molecular weight is 316 g/mol. The summed E-state index contributed by atoms with van der Waals surface area (Å²) in [7, 11) is 0. The Hall–Kier alpha value is -2.13. The highest BCUT2D eigenvalue weighted by Crippen LogP contribution is 2.23. The Morgan fingerprint density at radius 2 is 2.13 bits per heavy atom. The van der Waals surface area contributed by atoms with Crippen molar-refractivity contribution in [2.45, 2.75) is 27.2 Å². The lowest BCUT2D eigenvalue weighted by Gasteiger charge is -2.24. The number of nitrogens with zero attached hydrogens (tertiary/aromatic N) is 4. The second-order valence-electron chi connectivity index (χ2n) is 5.81. The molecule has 1 saturated heterocycles. The van der Waals surface area contributed by atoms with E-state index in [0.717, 1.165) is 49.7 Å². The first kappa shape index (κ1) is 17.2. The Balaban J connectivity index is 2.09. The summed E-state index contributed by atoms with van der Waals surface area (Å²) in [5.74, 6) is 0.589. The summed E-state index contributed by atoms with van der Waals surface area (Å²) >= 11 is 0. The van der Waals surface area contributed by atoms with Crippen molar-refractivity contribution in [3.8, 4) is 6.07 Å². The maximum Gasteiger partial charge on any atom is 0.320 e. The summed E-state index contributed by atoms with van der Waals surface area (Å²) in [5.41, 5.74) is 2.53. The van der Waals surface area contributed by atoms with Gasteiger partial charge >= 0.3 is 5.97 Å². The van der Waals surface area contributed by atoms with Gasteiger partial charge in [-0.25, -0.2) is 4.98 Å². The van der Waals surface area contributed by atoms with Gasteiger partial charge in [0.1, 0.15) is 11.9 Å². The van der Waals surface area contributed by atoms with E-state index in [1.807, 2.05) is 26.8 Å². The first-order chi connectivity index (χ1) is 11.0. The Labute approximate surface area is 137 Å². The van der Waals surface area contributed by atoms with Crippen molar-refractivity contribution in [1.29, 1.82) is 5.26 Å². The van der Waals surface area contributed by atoms with Crippen molar-refractivity contribution >= 4 is 11.8 Å². The number of ether oxygens (including phenoxy) is 1. The molecule has 0 spiro atoms. The second kappa shape index (κ2) is 7.93. The van der Waals surface area contributed by atoms with E-state index in [4.69, 9.17) is 4.74 Å². The largest absolute Gasteiger partial charge is 0.465 e. The molecule has 124 valence electrons. The van der Waals surface area contributed by atoms with Crippen LogP contribution < -0.4 is 4.90 Å². The summed E-state index contributed by atoms with van der Waals surface area (Å²) in [4.78, 5) is 20.5. The molecule has 2 rings (SSSR count). The van der Waals surface area contributed by atoms with Gasteiger partial charge in [-0.15, -0.1) is 0 Å². The van der Waals surface area contributed by atoms with Gasteiger partial charge in [0.15, 0.2) is 0 Å². The fourth-order valence-electron chi connectivity index (χ4n) is 2.91. The fourth-order valence-corrected chi connectivity index (χ4v) is 2.91. The highest BCUT2D eigenvalue weighted by atomic mass is 16.5. The molecule has 23 heavy (non-hydrogen) atoms. The average Bonchev–Trinajstić information content (AvgIpc) is 2.72. The fraction of sp³-hybridized carbons (Fsp3) is 0.588. The number of nitriles is 1. The van der Waals surface area contributed by atoms with Gasteiger partial charge in [-0.3, -0.25) is 9.69 Å². The lowest BCUT2D eigenvalue weighted by Crippen LogP contribution is -2.35. The van der Waals surface area contributed by atoms with E-state index in [0.29, 0.717) is 18.7 Å². The molecule has 1 aromatic heterocycles. The van der Waals surface area contributed by atoms with Crippen LogP contribution in [0.5, 0.6) is 0 Å². The first-order valence-electron chi connectivity index (χ1n) is 8.06. The topological polar surface area (TPSA) is 69.5 Å². The van der Waals surface area contributed by atoms with E-state index in [-0.39, 0.29) is 5.97 Å². The highest BCUT2D eigenvalue weighted by molar-refractivity contribution is 5.71. The maximum atomic E-state index is 11.6. The van der Waals surface area contributed by atoms with Gasteiger partial charge in [0.2, 0.25) is 0 Å². The van der Waals surface area contributed by atoms with Crippen LogP contribution in [0.1, 0.15) is 30.2 Å². The van der Waals surface area contributed by atoms with Crippen molar-refractivity contribution in [2.75, 3.05) is 44.2 Å². The zero-order valence-corrected chi connectivity index (χ0v) is 14.1. The predicted molar refractivity (Wildman–Crippen MR) is 88.3 cm³/mol. The molecule has 6 nitrogen and oxygen atoms in total. The maximum absolute atomic E-state index is 11.6. The van der Waals surface area contributed by atoms with Crippen LogP contribution in [-0.4, -0.2) is 55.2 Å². The molecule has 0 aromatic carbocycles. The van der Waals surface area contributed by atoms with Crippen LogP contribution in [0.2, 0.25) is 0 Å². The van der Waals surface area contributed by atoms with Crippen molar-refractivity contribution in [1.82, 2.24) is 9.88 Å². The molecule has 0 N–H and O–H groups in total. The molecule has 1 aliphatic rings. The number of esters is 1. The number of aryl methyl sites for hydroxylation is 2. The standard InChI is InChI=1S/C17H24N4O2/c1-4-23-16(22)12-20-6-5-7-21(9-8-20)17-15(11-18)13(2)10-14(3)19-17/h10H,4-9,12H2,1-3H3. The molecular weight excluding hydrogens is 292 g/mol. The van der Waals surface area contributed by atoms with E-state index >= 15 is 0 Å². The molecule has 1 fully saturated rings. The molecule has 0 radical (unpaired) electrons. The first-order valence-corrected chi connectivity index (χ1v) is 8.06. The molecule has 0 bridgehead atoms. The minimum atomic E-state index is -0.178. The van der Waals surface area contributed by atoms with Gasteiger partial charge in [-0.2, -0.15) is 5.26 Å². The third-order valence-corrected chi connectivity index (χ3v) is 3.98. The third kappa shape index (κ3) is 4.42. The van der Waals surface area contributed by atoms with Gasteiger partial charge in [0.25, 0.3) is 0 Å². The van der Waals surface area contributed by atoms with Crippen molar-refractivity contribution in [2.24, 2.45) is 0 Å². The molecule has 1 aromatic rings. The predicted octanol–water partition coefficient (Wildman–Crippen LogP) is 1.65. The van der Waals surface area contributed by atoms with E-state index in [9.17, 15) is 10.1 Å². The van der Waals surface area contributed by atoms with Gasteiger partial charge < -0.3 is 9.64 Å². The number of anilines is 1. The summed E-state index contributed by atoms with van der Waals surface area (Å²) in [6, 6.07) is 4.21. The van der Waals surface area contributed by atoms with Crippen LogP contribution in [0.4, 0.5) is 5.82 Å². The SMILES string of the molecule is CCOC(=O)CN1CCCN(c2nc(C)cc(C)c2C#N)CC1. The van der Waals surface area contributed by atoms with Gasteiger partial charge in [0.05, 0.1) is 18.7 Å². The lowest BCUT2D eigenvalue weighted by molar-refractivity contribution is -0.144. The van der Waals surface area contributed by atoms with Crippen LogP contribution in [0, 0.1) is 25.2 Å². The number of carbonyl (C=O) groups is 1. The summed E-state index contributed by atoms with van der Waals surface area (Å²) in [5, 5.41) is 9.43. The molecule has 0 aliphatic carbocycles. The molecule has 6 heteroatoms. The van der Waals surface area contributed by atoms with Crippen LogP contribution in [0.3, 0.4) is 0 Å². The zero-order chi connectivity index (χ0) is 16.8.